The highest BCUT2D eigenvalue weighted by molar-refractivity contribution is 6.30. The van der Waals surface area contributed by atoms with Gasteiger partial charge in [0, 0.05) is 18.1 Å². The van der Waals surface area contributed by atoms with Gasteiger partial charge in [-0.15, -0.1) is 0 Å². The lowest BCUT2D eigenvalue weighted by Gasteiger charge is -2.12. The van der Waals surface area contributed by atoms with Crippen molar-refractivity contribution in [1.29, 1.82) is 0 Å². The number of hydrogen-bond acceptors (Lipinski definition) is 3. The maximum absolute atomic E-state index is 10.1. The van der Waals surface area contributed by atoms with Crippen molar-refractivity contribution in [2.75, 3.05) is 6.54 Å². The normalized spacial score (nSPS) is 11.9. The zero-order valence-corrected chi connectivity index (χ0v) is 15.2. The van der Waals surface area contributed by atoms with Crippen molar-refractivity contribution in [3.63, 3.8) is 0 Å². The summed E-state index contributed by atoms with van der Waals surface area (Å²) in [7, 11) is 0. The Morgan fingerprint density at radius 3 is 2.19 bits per heavy atom. The number of benzene rings is 3. The molecule has 3 aromatic rings. The molecule has 1 unspecified atom stereocenters. The molecule has 0 aliphatic rings. The van der Waals surface area contributed by atoms with E-state index < -0.39 is 6.10 Å². The van der Waals surface area contributed by atoms with Crippen molar-refractivity contribution in [3.8, 4) is 5.75 Å². The van der Waals surface area contributed by atoms with Crippen molar-refractivity contribution >= 4 is 11.6 Å². The van der Waals surface area contributed by atoms with Crippen molar-refractivity contribution in [3.05, 3.63) is 101 Å². The standard InChI is InChI=1S/C22H22ClNO2/c23-20-10-6-18(7-11-20)16-26-21-12-8-17(9-13-21)14-24-15-22(25)19-4-2-1-3-5-19/h1-13,22,24-25H,14-16H2. The molecule has 26 heavy (non-hydrogen) atoms. The van der Waals surface area contributed by atoms with Crippen LogP contribution in [0.1, 0.15) is 22.8 Å². The van der Waals surface area contributed by atoms with Crippen LogP contribution < -0.4 is 10.1 Å². The molecule has 0 saturated heterocycles. The maximum atomic E-state index is 10.1. The average molecular weight is 368 g/mol. The number of rotatable bonds is 8. The van der Waals surface area contributed by atoms with Crippen molar-refractivity contribution in [1.82, 2.24) is 5.32 Å². The molecule has 0 heterocycles. The van der Waals surface area contributed by atoms with E-state index in [1.807, 2.05) is 78.9 Å². The van der Waals surface area contributed by atoms with Crippen LogP contribution in [-0.2, 0) is 13.2 Å². The fourth-order valence-electron chi connectivity index (χ4n) is 2.60. The third-order valence-electron chi connectivity index (χ3n) is 4.09. The van der Waals surface area contributed by atoms with E-state index in [0.29, 0.717) is 19.7 Å². The summed E-state index contributed by atoms with van der Waals surface area (Å²) in [5.41, 5.74) is 3.14. The molecule has 0 radical (unpaired) electrons. The molecule has 0 amide bonds. The van der Waals surface area contributed by atoms with Crippen LogP contribution in [0.4, 0.5) is 0 Å². The Bertz CT molecular complexity index is 789. The Hall–Kier alpha value is -2.33. The van der Waals surface area contributed by atoms with Gasteiger partial charge in [-0.3, -0.25) is 0 Å². The average Bonchev–Trinajstić information content (AvgIpc) is 2.69. The topological polar surface area (TPSA) is 41.5 Å². The van der Waals surface area contributed by atoms with E-state index >= 15 is 0 Å². The minimum atomic E-state index is -0.502. The molecule has 134 valence electrons. The highest BCUT2D eigenvalue weighted by Crippen LogP contribution is 2.16. The van der Waals surface area contributed by atoms with E-state index in [0.717, 1.165) is 27.5 Å². The second-order valence-corrected chi connectivity index (χ2v) is 6.55. The van der Waals surface area contributed by atoms with Gasteiger partial charge in [0.05, 0.1) is 6.10 Å². The number of aliphatic hydroxyl groups is 1. The van der Waals surface area contributed by atoms with E-state index in [-0.39, 0.29) is 0 Å². The summed E-state index contributed by atoms with van der Waals surface area (Å²) in [4.78, 5) is 0. The highest BCUT2D eigenvalue weighted by Gasteiger charge is 2.06. The zero-order chi connectivity index (χ0) is 18.2. The molecule has 2 N–H and O–H groups in total. The molecule has 3 rings (SSSR count). The van der Waals surface area contributed by atoms with Gasteiger partial charge in [-0.2, -0.15) is 0 Å². The van der Waals surface area contributed by atoms with Gasteiger partial charge in [0.25, 0.3) is 0 Å². The Morgan fingerprint density at radius 2 is 1.50 bits per heavy atom. The van der Waals surface area contributed by atoms with Crippen molar-refractivity contribution < 1.29 is 9.84 Å². The molecule has 3 aromatic carbocycles. The fourth-order valence-corrected chi connectivity index (χ4v) is 2.72. The molecular formula is C22H22ClNO2. The lowest BCUT2D eigenvalue weighted by atomic mass is 10.1. The minimum absolute atomic E-state index is 0.502. The quantitative estimate of drug-likeness (QED) is 0.604. The third-order valence-corrected chi connectivity index (χ3v) is 4.35. The number of nitrogens with one attached hydrogen (secondary N) is 1. The first-order valence-corrected chi connectivity index (χ1v) is 8.98. The molecule has 3 nitrogen and oxygen atoms in total. The van der Waals surface area contributed by atoms with E-state index in [4.69, 9.17) is 16.3 Å². The van der Waals surface area contributed by atoms with Crippen LogP contribution in [0.2, 0.25) is 5.02 Å². The van der Waals surface area contributed by atoms with Gasteiger partial charge >= 0.3 is 0 Å². The summed E-state index contributed by atoms with van der Waals surface area (Å²) >= 11 is 5.88. The highest BCUT2D eigenvalue weighted by atomic mass is 35.5. The Balaban J connectivity index is 1.43. The van der Waals surface area contributed by atoms with Crippen LogP contribution in [0.3, 0.4) is 0 Å². The van der Waals surface area contributed by atoms with Gasteiger partial charge in [-0.05, 0) is 41.0 Å². The van der Waals surface area contributed by atoms with E-state index in [1.54, 1.807) is 0 Å². The first kappa shape index (κ1) is 18.5. The SMILES string of the molecule is OC(CNCc1ccc(OCc2ccc(Cl)cc2)cc1)c1ccccc1. The summed E-state index contributed by atoms with van der Waals surface area (Å²) in [5, 5.41) is 14.2. The van der Waals surface area contributed by atoms with E-state index in [9.17, 15) is 5.11 Å². The molecule has 1 atom stereocenters. The Kier molecular flexibility index (Phi) is 6.67. The second-order valence-electron chi connectivity index (χ2n) is 6.12. The summed E-state index contributed by atoms with van der Waals surface area (Å²) in [6.45, 7) is 1.72. The van der Waals surface area contributed by atoms with Gasteiger partial charge in [0.1, 0.15) is 12.4 Å². The van der Waals surface area contributed by atoms with Crippen LogP contribution in [0.5, 0.6) is 5.75 Å². The molecule has 0 fully saturated rings. The van der Waals surface area contributed by atoms with Gasteiger partial charge in [0.15, 0.2) is 0 Å². The predicted octanol–water partition coefficient (Wildman–Crippen LogP) is 4.74. The number of aliphatic hydroxyl groups excluding tert-OH is 1. The maximum Gasteiger partial charge on any atom is 0.119 e. The summed E-state index contributed by atoms with van der Waals surface area (Å²) in [6.07, 6.45) is -0.502. The lowest BCUT2D eigenvalue weighted by Crippen LogP contribution is -2.20. The van der Waals surface area contributed by atoms with Crippen LogP contribution in [-0.4, -0.2) is 11.7 Å². The van der Waals surface area contributed by atoms with Crippen LogP contribution >= 0.6 is 11.6 Å². The number of ether oxygens (including phenoxy) is 1. The molecule has 0 spiro atoms. The Labute approximate surface area is 159 Å². The van der Waals surface area contributed by atoms with Gasteiger partial charge in [-0.25, -0.2) is 0 Å². The van der Waals surface area contributed by atoms with Crippen LogP contribution in [0.25, 0.3) is 0 Å². The molecule has 0 aliphatic carbocycles. The van der Waals surface area contributed by atoms with E-state index in [1.165, 1.54) is 0 Å². The molecule has 0 saturated carbocycles. The van der Waals surface area contributed by atoms with E-state index in [2.05, 4.69) is 5.32 Å². The fraction of sp³-hybridized carbons (Fsp3) is 0.182. The molecule has 0 aromatic heterocycles. The molecule has 4 heteroatoms. The lowest BCUT2D eigenvalue weighted by molar-refractivity contribution is 0.174. The first-order chi connectivity index (χ1) is 12.7. The third kappa shape index (κ3) is 5.60. The van der Waals surface area contributed by atoms with Crippen molar-refractivity contribution in [2.24, 2.45) is 0 Å². The predicted molar refractivity (Wildman–Crippen MR) is 105 cm³/mol. The van der Waals surface area contributed by atoms with Gasteiger partial charge in [-0.1, -0.05) is 66.2 Å². The minimum Gasteiger partial charge on any atom is -0.489 e. The zero-order valence-electron chi connectivity index (χ0n) is 14.4. The number of hydrogen-bond donors (Lipinski definition) is 2. The number of halogens is 1. The van der Waals surface area contributed by atoms with Crippen LogP contribution in [0.15, 0.2) is 78.9 Å². The molecule has 0 bridgehead atoms. The Morgan fingerprint density at radius 1 is 0.846 bits per heavy atom. The summed E-state index contributed by atoms with van der Waals surface area (Å²) in [6, 6.07) is 25.3. The van der Waals surface area contributed by atoms with Crippen LogP contribution in [0, 0.1) is 0 Å². The van der Waals surface area contributed by atoms with Gasteiger partial charge in [0.2, 0.25) is 0 Å². The smallest absolute Gasteiger partial charge is 0.119 e. The first-order valence-electron chi connectivity index (χ1n) is 8.60. The largest absolute Gasteiger partial charge is 0.489 e. The molecular weight excluding hydrogens is 346 g/mol. The summed E-state index contributed by atoms with van der Waals surface area (Å²) in [5.74, 6) is 0.827. The molecule has 0 aliphatic heterocycles. The van der Waals surface area contributed by atoms with Gasteiger partial charge < -0.3 is 15.2 Å². The summed E-state index contributed by atoms with van der Waals surface area (Å²) < 4.78 is 5.78. The van der Waals surface area contributed by atoms with Crippen molar-refractivity contribution in [2.45, 2.75) is 19.3 Å². The monoisotopic (exact) mass is 367 g/mol. The second kappa shape index (κ2) is 9.39.